The summed E-state index contributed by atoms with van der Waals surface area (Å²) in [5, 5.41) is 3.06. The average Bonchev–Trinajstić information content (AvgIpc) is 2.29. The van der Waals surface area contributed by atoms with Crippen LogP contribution in [0.1, 0.15) is 16.8 Å². The van der Waals surface area contributed by atoms with Gasteiger partial charge in [-0.25, -0.2) is 0 Å². The Morgan fingerprint density at radius 2 is 2.00 bits per heavy atom. The monoisotopic (exact) mass is 206 g/mol. The van der Waals surface area contributed by atoms with Crippen molar-refractivity contribution in [1.82, 2.24) is 10.2 Å². The molecular weight excluding hydrogens is 188 g/mol. The first-order valence-corrected chi connectivity index (χ1v) is 5.21. The summed E-state index contributed by atoms with van der Waals surface area (Å²) in [4.78, 5) is 13.6. The molecule has 0 radical (unpaired) electrons. The molecule has 0 atom stereocenters. The van der Waals surface area contributed by atoms with Gasteiger partial charge in [0.2, 0.25) is 0 Å². The third-order valence-electron chi connectivity index (χ3n) is 2.29. The van der Waals surface area contributed by atoms with E-state index in [0.717, 1.165) is 25.1 Å². The Hall–Kier alpha value is -1.35. The lowest BCUT2D eigenvalue weighted by atomic mass is 10.2. The zero-order chi connectivity index (χ0) is 11.1. The molecule has 0 aromatic heterocycles. The topological polar surface area (TPSA) is 32.3 Å². The standard InChI is InChI=1S/C12H18N2O/c1-13-9-6-10-14(2)12(15)11-7-4-3-5-8-11/h3-5,7-8,13H,6,9-10H2,1-2H3. The second-order valence-electron chi connectivity index (χ2n) is 3.55. The predicted molar refractivity (Wildman–Crippen MR) is 61.9 cm³/mol. The van der Waals surface area contributed by atoms with Crippen molar-refractivity contribution in [2.45, 2.75) is 6.42 Å². The lowest BCUT2D eigenvalue weighted by Crippen LogP contribution is -2.29. The van der Waals surface area contributed by atoms with E-state index < -0.39 is 0 Å². The fourth-order valence-corrected chi connectivity index (χ4v) is 1.40. The first kappa shape index (κ1) is 11.7. The number of nitrogens with one attached hydrogen (secondary N) is 1. The molecule has 0 saturated heterocycles. The highest BCUT2D eigenvalue weighted by molar-refractivity contribution is 5.93. The maximum Gasteiger partial charge on any atom is 0.253 e. The molecule has 82 valence electrons. The molecule has 3 nitrogen and oxygen atoms in total. The number of amides is 1. The minimum Gasteiger partial charge on any atom is -0.342 e. The van der Waals surface area contributed by atoms with Crippen molar-refractivity contribution in [2.24, 2.45) is 0 Å². The second kappa shape index (κ2) is 6.19. The Labute approximate surface area is 91.1 Å². The Bertz CT molecular complexity index is 298. The van der Waals surface area contributed by atoms with Crippen LogP contribution in [0.15, 0.2) is 30.3 Å². The van der Waals surface area contributed by atoms with E-state index in [4.69, 9.17) is 0 Å². The van der Waals surface area contributed by atoms with Crippen LogP contribution in [0.5, 0.6) is 0 Å². The molecule has 0 aliphatic rings. The van der Waals surface area contributed by atoms with E-state index in [1.807, 2.05) is 44.4 Å². The van der Waals surface area contributed by atoms with E-state index in [0.29, 0.717) is 0 Å². The lowest BCUT2D eigenvalue weighted by molar-refractivity contribution is 0.0794. The van der Waals surface area contributed by atoms with Gasteiger partial charge < -0.3 is 10.2 Å². The maximum absolute atomic E-state index is 11.8. The summed E-state index contributed by atoms with van der Waals surface area (Å²) < 4.78 is 0. The van der Waals surface area contributed by atoms with Crippen LogP contribution >= 0.6 is 0 Å². The molecule has 0 heterocycles. The summed E-state index contributed by atoms with van der Waals surface area (Å²) in [7, 11) is 3.75. The van der Waals surface area contributed by atoms with Gasteiger partial charge in [0, 0.05) is 19.2 Å². The van der Waals surface area contributed by atoms with Crippen molar-refractivity contribution >= 4 is 5.91 Å². The van der Waals surface area contributed by atoms with Crippen LogP contribution in [0.3, 0.4) is 0 Å². The summed E-state index contributed by atoms with van der Waals surface area (Å²) in [6, 6.07) is 9.37. The summed E-state index contributed by atoms with van der Waals surface area (Å²) in [5.41, 5.74) is 0.754. The largest absolute Gasteiger partial charge is 0.342 e. The van der Waals surface area contributed by atoms with Gasteiger partial charge in [-0.15, -0.1) is 0 Å². The van der Waals surface area contributed by atoms with Gasteiger partial charge in [0.25, 0.3) is 5.91 Å². The molecule has 0 bridgehead atoms. The molecule has 0 aliphatic carbocycles. The normalized spacial score (nSPS) is 10.0. The number of nitrogens with zero attached hydrogens (tertiary/aromatic N) is 1. The third kappa shape index (κ3) is 3.72. The van der Waals surface area contributed by atoms with Crippen molar-refractivity contribution in [3.63, 3.8) is 0 Å². The van der Waals surface area contributed by atoms with Gasteiger partial charge in [-0.05, 0) is 32.1 Å². The second-order valence-corrected chi connectivity index (χ2v) is 3.55. The molecular formula is C12H18N2O. The van der Waals surface area contributed by atoms with Gasteiger partial charge in [0.05, 0.1) is 0 Å². The molecule has 1 N–H and O–H groups in total. The Balaban J connectivity index is 2.46. The van der Waals surface area contributed by atoms with Crippen LogP contribution in [0, 0.1) is 0 Å². The zero-order valence-corrected chi connectivity index (χ0v) is 9.36. The molecule has 3 heteroatoms. The third-order valence-corrected chi connectivity index (χ3v) is 2.29. The highest BCUT2D eigenvalue weighted by Crippen LogP contribution is 2.02. The van der Waals surface area contributed by atoms with E-state index in [2.05, 4.69) is 5.32 Å². The summed E-state index contributed by atoms with van der Waals surface area (Å²) in [5.74, 6) is 0.0895. The molecule has 15 heavy (non-hydrogen) atoms. The highest BCUT2D eigenvalue weighted by atomic mass is 16.2. The van der Waals surface area contributed by atoms with Crippen LogP contribution in [-0.4, -0.2) is 38.0 Å². The van der Waals surface area contributed by atoms with Gasteiger partial charge in [0.15, 0.2) is 0 Å². The van der Waals surface area contributed by atoms with Crippen molar-refractivity contribution in [3.8, 4) is 0 Å². The summed E-state index contributed by atoms with van der Waals surface area (Å²) in [6.07, 6.45) is 0.978. The van der Waals surface area contributed by atoms with Crippen LogP contribution < -0.4 is 5.32 Å². The van der Waals surface area contributed by atoms with Crippen LogP contribution in [-0.2, 0) is 0 Å². The Kier molecular flexibility index (Phi) is 4.84. The smallest absolute Gasteiger partial charge is 0.253 e. The minimum absolute atomic E-state index is 0.0895. The van der Waals surface area contributed by atoms with Gasteiger partial charge in [-0.1, -0.05) is 18.2 Å². The number of rotatable bonds is 5. The minimum atomic E-state index is 0.0895. The molecule has 0 fully saturated rings. The number of benzene rings is 1. The van der Waals surface area contributed by atoms with Crippen molar-refractivity contribution in [3.05, 3.63) is 35.9 Å². The molecule has 1 aromatic carbocycles. The average molecular weight is 206 g/mol. The van der Waals surface area contributed by atoms with E-state index >= 15 is 0 Å². The maximum atomic E-state index is 11.8. The molecule has 0 spiro atoms. The van der Waals surface area contributed by atoms with Gasteiger partial charge in [-0.2, -0.15) is 0 Å². The molecule has 1 aromatic rings. The number of hydrogen-bond acceptors (Lipinski definition) is 2. The molecule has 0 aliphatic heterocycles. The van der Waals surface area contributed by atoms with Crippen molar-refractivity contribution < 1.29 is 4.79 Å². The van der Waals surface area contributed by atoms with Crippen molar-refractivity contribution in [1.29, 1.82) is 0 Å². The van der Waals surface area contributed by atoms with Gasteiger partial charge in [-0.3, -0.25) is 4.79 Å². The molecule has 1 rings (SSSR count). The Morgan fingerprint density at radius 1 is 1.33 bits per heavy atom. The van der Waals surface area contributed by atoms with Crippen molar-refractivity contribution in [2.75, 3.05) is 27.2 Å². The quantitative estimate of drug-likeness (QED) is 0.738. The first-order valence-electron chi connectivity index (χ1n) is 5.21. The number of hydrogen-bond donors (Lipinski definition) is 1. The lowest BCUT2D eigenvalue weighted by Gasteiger charge is -2.16. The van der Waals surface area contributed by atoms with Gasteiger partial charge in [0.1, 0.15) is 0 Å². The van der Waals surface area contributed by atoms with Crippen LogP contribution in [0.4, 0.5) is 0 Å². The SMILES string of the molecule is CNCCCN(C)C(=O)c1ccccc1. The molecule has 1 amide bonds. The van der Waals surface area contributed by atoms with E-state index in [9.17, 15) is 4.79 Å². The number of carbonyl (C=O) groups excluding carboxylic acids is 1. The molecule has 0 saturated carbocycles. The molecule has 0 unspecified atom stereocenters. The van der Waals surface area contributed by atoms with E-state index in [-0.39, 0.29) is 5.91 Å². The first-order chi connectivity index (χ1) is 7.25. The summed E-state index contributed by atoms with van der Waals surface area (Å²) >= 11 is 0. The number of carbonyl (C=O) groups is 1. The summed E-state index contributed by atoms with van der Waals surface area (Å²) in [6.45, 7) is 1.72. The van der Waals surface area contributed by atoms with E-state index in [1.165, 1.54) is 0 Å². The highest BCUT2D eigenvalue weighted by Gasteiger charge is 2.09. The van der Waals surface area contributed by atoms with Crippen LogP contribution in [0.25, 0.3) is 0 Å². The van der Waals surface area contributed by atoms with E-state index in [1.54, 1.807) is 4.90 Å². The van der Waals surface area contributed by atoms with Crippen LogP contribution in [0.2, 0.25) is 0 Å². The fourth-order valence-electron chi connectivity index (χ4n) is 1.40. The zero-order valence-electron chi connectivity index (χ0n) is 9.36. The predicted octanol–water partition coefficient (Wildman–Crippen LogP) is 1.37. The van der Waals surface area contributed by atoms with Gasteiger partial charge >= 0.3 is 0 Å². The Morgan fingerprint density at radius 3 is 2.60 bits per heavy atom. The fraction of sp³-hybridized carbons (Fsp3) is 0.417.